The molecule has 11 atom stereocenters. The Hall–Kier alpha value is -2.21. The molecular formula is C35H58N2O9. The van der Waals surface area contributed by atoms with E-state index in [0.29, 0.717) is 70.8 Å². The lowest BCUT2D eigenvalue weighted by atomic mass is 9.43. The highest BCUT2D eigenvalue weighted by Gasteiger charge is 2.65. The molecule has 11 heteroatoms. The van der Waals surface area contributed by atoms with Crippen LogP contribution in [0.25, 0.3) is 0 Å². The fourth-order valence-corrected chi connectivity index (χ4v) is 9.90. The van der Waals surface area contributed by atoms with E-state index in [1.165, 1.54) is 0 Å². The summed E-state index contributed by atoms with van der Waals surface area (Å²) in [5.74, 6) is 0.237. The number of alkyl carbamates (subject to hydrolysis) is 1. The highest BCUT2D eigenvalue weighted by Crippen LogP contribution is 2.68. The molecule has 0 spiro atoms. The van der Waals surface area contributed by atoms with E-state index >= 15 is 0 Å². The molecule has 0 unspecified atom stereocenters. The van der Waals surface area contributed by atoms with Crippen LogP contribution in [0.2, 0.25) is 0 Å². The second-order valence-corrected chi connectivity index (χ2v) is 15.0. The van der Waals surface area contributed by atoms with Crippen LogP contribution in [-0.2, 0) is 23.8 Å². The molecule has 0 aromatic rings. The first kappa shape index (κ1) is 36.6. The van der Waals surface area contributed by atoms with E-state index in [0.717, 1.165) is 25.7 Å². The van der Waals surface area contributed by atoms with E-state index < -0.39 is 24.3 Å². The van der Waals surface area contributed by atoms with Gasteiger partial charge in [-0.25, -0.2) is 4.79 Å². The Kier molecular flexibility index (Phi) is 12.6. The molecule has 5 N–H and O–H groups in total. The SMILES string of the molecule is C=C(C)C(=O)NCCOCCOCCNC(=O)O[C@@H]1CC[C@@]2(C)[C@@H](C1)C[C@@H](O)[C@@H]1[C@@H]2C[C@H](O)[C@]2(C)[C@@H]([C@H](C)CCC(=O)O)CC[C@@H]12. The van der Waals surface area contributed by atoms with Gasteiger partial charge in [0, 0.05) is 25.1 Å². The predicted octanol–water partition coefficient (Wildman–Crippen LogP) is 3.91. The molecule has 0 aromatic heterocycles. The monoisotopic (exact) mass is 650 g/mol. The van der Waals surface area contributed by atoms with E-state index in [2.05, 4.69) is 38.0 Å². The molecule has 0 heterocycles. The number of aliphatic hydroxyl groups is 2. The number of nitrogens with one attached hydrogen (secondary N) is 2. The third-order valence-corrected chi connectivity index (χ3v) is 12.4. The second kappa shape index (κ2) is 15.8. The summed E-state index contributed by atoms with van der Waals surface area (Å²) in [6.45, 7) is 14.1. The molecular weight excluding hydrogens is 592 g/mol. The zero-order valence-electron chi connectivity index (χ0n) is 28.3. The fraction of sp³-hybridized carbons (Fsp3) is 0.857. The van der Waals surface area contributed by atoms with Gasteiger partial charge in [0.25, 0.3) is 0 Å². The third-order valence-electron chi connectivity index (χ3n) is 12.4. The summed E-state index contributed by atoms with van der Waals surface area (Å²) in [6.07, 6.45) is 4.76. The maximum atomic E-state index is 12.6. The molecule has 0 radical (unpaired) electrons. The van der Waals surface area contributed by atoms with E-state index in [1.54, 1.807) is 6.92 Å². The quantitative estimate of drug-likeness (QED) is 0.131. The van der Waals surface area contributed by atoms with Gasteiger partial charge >= 0.3 is 12.1 Å². The lowest BCUT2D eigenvalue weighted by Gasteiger charge is -2.63. The Morgan fingerprint density at radius 3 is 2.26 bits per heavy atom. The summed E-state index contributed by atoms with van der Waals surface area (Å²) >= 11 is 0. The fourth-order valence-electron chi connectivity index (χ4n) is 9.90. The minimum Gasteiger partial charge on any atom is -0.481 e. The summed E-state index contributed by atoms with van der Waals surface area (Å²) in [5.41, 5.74) is 0.0976. The van der Waals surface area contributed by atoms with E-state index in [1.807, 2.05) is 0 Å². The van der Waals surface area contributed by atoms with Gasteiger partial charge in [-0.2, -0.15) is 0 Å². The molecule has 11 nitrogen and oxygen atoms in total. The molecule has 0 saturated heterocycles. The van der Waals surface area contributed by atoms with E-state index in [-0.39, 0.29) is 64.8 Å². The van der Waals surface area contributed by atoms with Gasteiger partial charge in [0.2, 0.25) is 5.91 Å². The number of hydrogen-bond acceptors (Lipinski definition) is 8. The molecule has 2 amide bonds. The normalized spacial score (nSPS) is 37.3. The number of aliphatic hydroxyl groups excluding tert-OH is 2. The summed E-state index contributed by atoms with van der Waals surface area (Å²) in [4.78, 5) is 35.2. The van der Waals surface area contributed by atoms with E-state index in [4.69, 9.17) is 14.2 Å². The number of carboxylic acids is 1. The van der Waals surface area contributed by atoms with Crippen LogP contribution < -0.4 is 10.6 Å². The van der Waals surface area contributed by atoms with Gasteiger partial charge in [0.15, 0.2) is 0 Å². The molecule has 4 fully saturated rings. The van der Waals surface area contributed by atoms with Crippen molar-refractivity contribution >= 4 is 18.0 Å². The van der Waals surface area contributed by atoms with Crippen molar-refractivity contribution in [2.24, 2.45) is 46.3 Å². The van der Waals surface area contributed by atoms with E-state index in [9.17, 15) is 29.7 Å². The number of hydrogen-bond donors (Lipinski definition) is 5. The first-order valence-electron chi connectivity index (χ1n) is 17.4. The van der Waals surface area contributed by atoms with Crippen LogP contribution in [0.15, 0.2) is 12.2 Å². The zero-order valence-corrected chi connectivity index (χ0v) is 28.3. The van der Waals surface area contributed by atoms with Gasteiger partial charge in [-0.3, -0.25) is 9.59 Å². The molecule has 4 aliphatic carbocycles. The maximum Gasteiger partial charge on any atom is 0.407 e. The first-order valence-corrected chi connectivity index (χ1v) is 17.4. The van der Waals surface area contributed by atoms with Gasteiger partial charge in [-0.05, 0) is 105 Å². The predicted molar refractivity (Wildman–Crippen MR) is 172 cm³/mol. The van der Waals surface area contributed by atoms with Gasteiger partial charge < -0.3 is 40.2 Å². The van der Waals surface area contributed by atoms with Crippen LogP contribution in [0.4, 0.5) is 4.79 Å². The van der Waals surface area contributed by atoms with Crippen molar-refractivity contribution in [3.05, 3.63) is 12.2 Å². The van der Waals surface area contributed by atoms with Gasteiger partial charge in [0.1, 0.15) is 6.10 Å². The Morgan fingerprint density at radius 1 is 0.935 bits per heavy atom. The van der Waals surface area contributed by atoms with Gasteiger partial charge in [0.05, 0.1) is 38.6 Å². The number of fused-ring (bicyclic) bond motifs is 5. The Balaban J connectivity index is 1.20. The van der Waals surface area contributed by atoms with Crippen molar-refractivity contribution in [2.45, 2.75) is 104 Å². The summed E-state index contributed by atoms with van der Waals surface area (Å²) in [7, 11) is 0. The van der Waals surface area contributed by atoms with Crippen LogP contribution in [0, 0.1) is 46.3 Å². The molecule has 4 saturated carbocycles. The average molecular weight is 651 g/mol. The Bertz CT molecular complexity index is 1090. The number of carbonyl (C=O) groups excluding carboxylic acids is 2. The van der Waals surface area contributed by atoms with Crippen LogP contribution >= 0.6 is 0 Å². The first-order chi connectivity index (χ1) is 21.8. The molecule has 4 rings (SSSR count). The molecule has 0 aliphatic heterocycles. The summed E-state index contributed by atoms with van der Waals surface area (Å²) in [6, 6.07) is 0. The maximum absolute atomic E-state index is 12.6. The minimum absolute atomic E-state index is 0.0400. The number of carbonyl (C=O) groups is 3. The zero-order chi connectivity index (χ0) is 33.6. The van der Waals surface area contributed by atoms with Crippen LogP contribution in [0.3, 0.4) is 0 Å². The highest BCUT2D eigenvalue weighted by atomic mass is 16.6. The molecule has 0 bridgehead atoms. The van der Waals surface area contributed by atoms with Crippen molar-refractivity contribution < 1.29 is 43.9 Å². The molecule has 0 aromatic carbocycles. The summed E-state index contributed by atoms with van der Waals surface area (Å²) in [5, 5.41) is 38.1. The van der Waals surface area contributed by atoms with Crippen molar-refractivity contribution in [2.75, 3.05) is 39.5 Å². The number of carboxylic acid groups (broad SMARTS) is 1. The average Bonchev–Trinajstić information content (AvgIpc) is 3.36. The van der Waals surface area contributed by atoms with Crippen molar-refractivity contribution in [1.29, 1.82) is 0 Å². The lowest BCUT2D eigenvalue weighted by Crippen LogP contribution is -2.62. The standard InChI is InChI=1S/C35H58N2O9/c1-21(2)32(42)36-12-14-44-16-17-45-15-13-37-33(43)46-24-10-11-34(4)23(18-24)19-28(38)31-26-8-7-25(22(3)6-9-30(40)41)35(26,5)29(39)20-27(31)34/h22-29,31,38-39H,1,6-20H2,2-5H3,(H,36,42)(H,37,43)(H,40,41)/t22-,23+,24-,25-,26+,27+,28-,29+,31+,34+,35-/m1/s1. The number of ether oxygens (including phenoxy) is 3. The van der Waals surface area contributed by atoms with Crippen LogP contribution in [0.1, 0.15) is 85.5 Å². The molecule has 262 valence electrons. The van der Waals surface area contributed by atoms with Crippen molar-refractivity contribution in [1.82, 2.24) is 10.6 Å². The highest BCUT2D eigenvalue weighted by molar-refractivity contribution is 5.92. The lowest BCUT2D eigenvalue weighted by molar-refractivity contribution is -0.207. The van der Waals surface area contributed by atoms with Crippen molar-refractivity contribution in [3.63, 3.8) is 0 Å². The molecule has 4 aliphatic rings. The van der Waals surface area contributed by atoms with Gasteiger partial charge in [-0.15, -0.1) is 0 Å². The van der Waals surface area contributed by atoms with Crippen molar-refractivity contribution in [3.8, 4) is 0 Å². The van der Waals surface area contributed by atoms with Crippen LogP contribution in [-0.4, -0.2) is 91.1 Å². The summed E-state index contributed by atoms with van der Waals surface area (Å²) < 4.78 is 16.7. The Morgan fingerprint density at radius 2 is 1.61 bits per heavy atom. The number of aliphatic carboxylic acids is 1. The smallest absolute Gasteiger partial charge is 0.407 e. The number of amides is 2. The Labute approximate surface area is 274 Å². The topological polar surface area (TPSA) is 164 Å². The number of rotatable bonds is 15. The third kappa shape index (κ3) is 8.08. The van der Waals surface area contributed by atoms with Gasteiger partial charge in [-0.1, -0.05) is 27.4 Å². The second-order valence-electron chi connectivity index (χ2n) is 15.0. The van der Waals surface area contributed by atoms with Crippen LogP contribution in [0.5, 0.6) is 0 Å². The molecule has 46 heavy (non-hydrogen) atoms. The largest absolute Gasteiger partial charge is 0.481 e. The minimum atomic E-state index is -0.777.